The van der Waals surface area contributed by atoms with Crippen LogP contribution in [-0.2, 0) is 0 Å². The second kappa shape index (κ2) is 7.18. The minimum absolute atomic E-state index is 0.104. The molecular weight excluding hydrogens is 232 g/mol. The number of allylic oxidation sites excluding steroid dienone is 7. The fourth-order valence-corrected chi connectivity index (χ4v) is 3.09. The van der Waals surface area contributed by atoms with Gasteiger partial charge in [-0.15, -0.1) is 0 Å². The topological polar surface area (TPSA) is 20.2 Å². The molecule has 0 saturated heterocycles. The third kappa shape index (κ3) is 3.50. The summed E-state index contributed by atoms with van der Waals surface area (Å²) in [5, 5.41) is 9.51. The summed E-state index contributed by atoms with van der Waals surface area (Å²) < 4.78 is 0. The molecule has 0 unspecified atom stereocenters. The Morgan fingerprint density at radius 1 is 1.05 bits per heavy atom. The minimum atomic E-state index is 0.104. The summed E-state index contributed by atoms with van der Waals surface area (Å²) >= 11 is 0. The predicted octanol–water partition coefficient (Wildman–Crippen LogP) is 5.64. The molecule has 19 heavy (non-hydrogen) atoms. The second-order valence-electron chi connectivity index (χ2n) is 5.24. The van der Waals surface area contributed by atoms with Gasteiger partial charge in [0.2, 0.25) is 0 Å². The lowest BCUT2D eigenvalue weighted by molar-refractivity contribution is 0.294. The highest BCUT2D eigenvalue weighted by Crippen LogP contribution is 2.48. The van der Waals surface area contributed by atoms with Crippen LogP contribution in [-0.4, -0.2) is 5.11 Å². The van der Waals surface area contributed by atoms with Crippen molar-refractivity contribution >= 4 is 0 Å². The van der Waals surface area contributed by atoms with Gasteiger partial charge in [-0.1, -0.05) is 56.2 Å². The number of hydrogen-bond acceptors (Lipinski definition) is 1. The average Bonchev–Trinajstić information content (AvgIpc) is 2.46. The first-order valence-electron chi connectivity index (χ1n) is 7.10. The van der Waals surface area contributed by atoms with E-state index in [0.29, 0.717) is 0 Å². The quantitative estimate of drug-likeness (QED) is 0.499. The highest BCUT2D eigenvalue weighted by molar-refractivity contribution is 5.37. The van der Waals surface area contributed by atoms with Gasteiger partial charge in [-0.3, -0.25) is 0 Å². The standard InChI is InChI=1S/C18H26O/c1-5-16(6-2)18(13-9-8-10-14-18)15(4)11-12-17(19)7-3/h5-7,11-12,19H,1,3,8-10,13-14H2,2,4H3/b15-11+,16-6+,17-12+. The largest absolute Gasteiger partial charge is 0.508 e. The molecule has 1 aliphatic rings. The minimum Gasteiger partial charge on any atom is -0.508 e. The van der Waals surface area contributed by atoms with Crippen LogP contribution < -0.4 is 0 Å². The maximum Gasteiger partial charge on any atom is 0.114 e. The molecule has 0 spiro atoms. The third-order valence-electron chi connectivity index (χ3n) is 4.26. The molecule has 0 aliphatic heterocycles. The van der Waals surface area contributed by atoms with E-state index in [2.05, 4.69) is 33.1 Å². The van der Waals surface area contributed by atoms with E-state index in [1.807, 2.05) is 12.2 Å². The van der Waals surface area contributed by atoms with Crippen LogP contribution in [0.2, 0.25) is 0 Å². The molecule has 1 fully saturated rings. The molecule has 0 amide bonds. The highest BCUT2D eigenvalue weighted by Gasteiger charge is 2.35. The fourth-order valence-electron chi connectivity index (χ4n) is 3.09. The van der Waals surface area contributed by atoms with E-state index in [4.69, 9.17) is 0 Å². The number of aliphatic hydroxyl groups is 1. The molecular formula is C18H26O. The van der Waals surface area contributed by atoms with Crippen molar-refractivity contribution in [1.29, 1.82) is 0 Å². The molecule has 0 atom stereocenters. The molecule has 0 aromatic heterocycles. The first-order chi connectivity index (χ1) is 9.10. The monoisotopic (exact) mass is 258 g/mol. The Hall–Kier alpha value is -1.50. The van der Waals surface area contributed by atoms with Crippen molar-refractivity contribution in [3.63, 3.8) is 0 Å². The van der Waals surface area contributed by atoms with Crippen LogP contribution in [0.1, 0.15) is 46.0 Å². The lowest BCUT2D eigenvalue weighted by Crippen LogP contribution is -2.27. The van der Waals surface area contributed by atoms with Crippen molar-refractivity contribution < 1.29 is 5.11 Å². The Bertz CT molecular complexity index is 415. The van der Waals surface area contributed by atoms with Gasteiger partial charge in [0.25, 0.3) is 0 Å². The molecule has 0 aromatic rings. The van der Waals surface area contributed by atoms with E-state index in [-0.39, 0.29) is 11.2 Å². The second-order valence-corrected chi connectivity index (χ2v) is 5.24. The Morgan fingerprint density at radius 3 is 2.16 bits per heavy atom. The summed E-state index contributed by atoms with van der Waals surface area (Å²) in [5.74, 6) is 0.214. The lowest BCUT2D eigenvalue weighted by atomic mass is 9.64. The molecule has 0 bridgehead atoms. The van der Waals surface area contributed by atoms with E-state index in [9.17, 15) is 5.11 Å². The first kappa shape index (κ1) is 15.6. The zero-order valence-electron chi connectivity index (χ0n) is 12.3. The molecule has 104 valence electrons. The number of hydrogen-bond donors (Lipinski definition) is 1. The first-order valence-corrected chi connectivity index (χ1v) is 7.10. The van der Waals surface area contributed by atoms with Gasteiger partial charge in [-0.25, -0.2) is 0 Å². The van der Waals surface area contributed by atoms with Crippen molar-refractivity contribution in [2.75, 3.05) is 0 Å². The molecule has 0 aromatic carbocycles. The third-order valence-corrected chi connectivity index (χ3v) is 4.26. The average molecular weight is 258 g/mol. The van der Waals surface area contributed by atoms with E-state index < -0.39 is 0 Å². The summed E-state index contributed by atoms with van der Waals surface area (Å²) in [5.41, 5.74) is 2.72. The van der Waals surface area contributed by atoms with Crippen molar-refractivity contribution in [3.8, 4) is 0 Å². The predicted molar refractivity (Wildman–Crippen MR) is 84.1 cm³/mol. The normalized spacial score (nSPS) is 21.1. The molecule has 0 radical (unpaired) electrons. The lowest BCUT2D eigenvalue weighted by Gasteiger charge is -2.40. The van der Waals surface area contributed by atoms with Crippen molar-refractivity contribution in [1.82, 2.24) is 0 Å². The molecule has 1 saturated carbocycles. The van der Waals surface area contributed by atoms with Crippen LogP contribution in [0.5, 0.6) is 0 Å². The van der Waals surface area contributed by atoms with Crippen molar-refractivity contribution in [3.05, 3.63) is 60.4 Å². The van der Waals surface area contributed by atoms with E-state index in [1.165, 1.54) is 49.3 Å². The van der Waals surface area contributed by atoms with Gasteiger partial charge >= 0.3 is 0 Å². The Labute approximate surface area is 117 Å². The molecule has 1 rings (SSSR count). The van der Waals surface area contributed by atoms with Crippen molar-refractivity contribution in [2.45, 2.75) is 46.0 Å². The van der Waals surface area contributed by atoms with E-state index >= 15 is 0 Å². The van der Waals surface area contributed by atoms with Crippen molar-refractivity contribution in [2.24, 2.45) is 5.41 Å². The molecule has 1 aliphatic carbocycles. The summed E-state index contributed by atoms with van der Waals surface area (Å²) in [4.78, 5) is 0. The van der Waals surface area contributed by atoms with Gasteiger partial charge in [-0.05, 0) is 44.4 Å². The number of aliphatic hydroxyl groups excluding tert-OH is 1. The smallest absolute Gasteiger partial charge is 0.114 e. The highest BCUT2D eigenvalue weighted by atomic mass is 16.3. The van der Waals surface area contributed by atoms with Gasteiger partial charge in [0.15, 0.2) is 0 Å². The Balaban J connectivity index is 3.16. The summed E-state index contributed by atoms with van der Waals surface area (Å²) in [6.07, 6.45) is 15.5. The van der Waals surface area contributed by atoms with Gasteiger partial charge < -0.3 is 5.11 Å². The summed E-state index contributed by atoms with van der Waals surface area (Å²) in [7, 11) is 0. The van der Waals surface area contributed by atoms with Gasteiger partial charge in [0.05, 0.1) is 0 Å². The van der Waals surface area contributed by atoms with Crippen LogP contribution in [0.4, 0.5) is 0 Å². The Kier molecular flexibility index (Phi) is 5.88. The van der Waals surface area contributed by atoms with Crippen LogP contribution in [0.25, 0.3) is 0 Å². The maximum absolute atomic E-state index is 9.51. The Morgan fingerprint density at radius 2 is 1.68 bits per heavy atom. The van der Waals surface area contributed by atoms with Gasteiger partial charge in [0, 0.05) is 5.41 Å². The van der Waals surface area contributed by atoms with E-state index in [0.717, 1.165) is 0 Å². The fraction of sp³-hybridized carbons (Fsp3) is 0.444. The molecule has 0 heterocycles. The summed E-state index contributed by atoms with van der Waals surface area (Å²) in [6.45, 7) is 11.8. The van der Waals surface area contributed by atoms with Crippen LogP contribution in [0.15, 0.2) is 60.4 Å². The maximum atomic E-state index is 9.51. The van der Waals surface area contributed by atoms with Gasteiger partial charge in [0.1, 0.15) is 5.76 Å². The molecule has 1 heteroatoms. The zero-order chi connectivity index (χ0) is 14.3. The molecule has 1 nitrogen and oxygen atoms in total. The van der Waals surface area contributed by atoms with Crippen LogP contribution >= 0.6 is 0 Å². The van der Waals surface area contributed by atoms with Gasteiger partial charge in [-0.2, -0.15) is 0 Å². The number of rotatable bonds is 5. The molecule has 1 N–H and O–H groups in total. The zero-order valence-corrected chi connectivity index (χ0v) is 12.3. The SMILES string of the molecule is C=C/C(O)=C\C=C(/C)C1(/C(C=C)=C/C)CCCCC1. The van der Waals surface area contributed by atoms with Crippen LogP contribution in [0, 0.1) is 5.41 Å². The van der Waals surface area contributed by atoms with E-state index in [1.54, 1.807) is 6.08 Å². The summed E-state index contributed by atoms with van der Waals surface area (Å²) in [6, 6.07) is 0. The van der Waals surface area contributed by atoms with Crippen LogP contribution in [0.3, 0.4) is 0 Å².